The van der Waals surface area contributed by atoms with Crippen molar-refractivity contribution < 1.29 is 4.74 Å². The van der Waals surface area contributed by atoms with Crippen LogP contribution in [0.25, 0.3) is 10.2 Å². The molecule has 0 aliphatic carbocycles. The second-order valence-corrected chi connectivity index (χ2v) is 6.13. The van der Waals surface area contributed by atoms with Crippen molar-refractivity contribution in [2.24, 2.45) is 5.84 Å². The van der Waals surface area contributed by atoms with Gasteiger partial charge in [-0.25, -0.2) is 15.8 Å². The molecular formula is C14H21N5OS. The molecule has 0 spiro atoms. The predicted molar refractivity (Wildman–Crippen MR) is 85.2 cm³/mol. The van der Waals surface area contributed by atoms with Crippen molar-refractivity contribution in [3.8, 4) is 0 Å². The van der Waals surface area contributed by atoms with E-state index in [1.807, 2.05) is 11.4 Å². The zero-order valence-electron chi connectivity index (χ0n) is 12.2. The summed E-state index contributed by atoms with van der Waals surface area (Å²) in [6, 6.07) is 1.99. The number of likely N-dealkylation sites (N-methyl/N-ethyl adjacent to an activating group) is 1. The minimum absolute atomic E-state index is 0.350. The lowest BCUT2D eigenvalue weighted by Crippen LogP contribution is -2.32. The first-order chi connectivity index (χ1) is 10.3. The Labute approximate surface area is 128 Å². The van der Waals surface area contributed by atoms with Gasteiger partial charge in [-0.05, 0) is 30.8 Å². The fourth-order valence-electron chi connectivity index (χ4n) is 2.66. The summed E-state index contributed by atoms with van der Waals surface area (Å²) in [7, 11) is 0. The lowest BCUT2D eigenvalue weighted by molar-refractivity contribution is 0.0717. The fraction of sp³-hybridized carbons (Fsp3) is 0.571. The molecule has 21 heavy (non-hydrogen) atoms. The zero-order valence-corrected chi connectivity index (χ0v) is 13.0. The Morgan fingerprint density at radius 3 is 3.14 bits per heavy atom. The number of nitrogen functional groups attached to an aromatic ring is 1. The summed E-state index contributed by atoms with van der Waals surface area (Å²) >= 11 is 1.61. The summed E-state index contributed by atoms with van der Waals surface area (Å²) in [5.74, 6) is 7.07. The van der Waals surface area contributed by atoms with E-state index in [1.54, 1.807) is 11.3 Å². The van der Waals surface area contributed by atoms with Gasteiger partial charge in [0, 0.05) is 13.2 Å². The minimum Gasteiger partial charge on any atom is -0.377 e. The fourth-order valence-corrected chi connectivity index (χ4v) is 3.44. The third kappa shape index (κ3) is 3.32. The Balaban J connectivity index is 1.75. The number of nitrogens with two attached hydrogens (primary N) is 1. The maximum absolute atomic E-state index is 5.71. The molecule has 0 aromatic carbocycles. The highest BCUT2D eigenvalue weighted by Gasteiger charge is 2.19. The van der Waals surface area contributed by atoms with Crippen molar-refractivity contribution >= 4 is 27.4 Å². The van der Waals surface area contributed by atoms with Crippen LogP contribution in [0.1, 0.15) is 25.6 Å². The molecule has 3 rings (SSSR count). The van der Waals surface area contributed by atoms with Gasteiger partial charge in [0.15, 0.2) is 5.82 Å². The van der Waals surface area contributed by atoms with E-state index in [0.717, 1.165) is 48.7 Å². The van der Waals surface area contributed by atoms with Crippen LogP contribution in [-0.2, 0) is 11.3 Å². The zero-order chi connectivity index (χ0) is 14.7. The Morgan fingerprint density at radius 2 is 2.43 bits per heavy atom. The number of fused-ring (bicyclic) bond motifs is 1. The first-order valence-electron chi connectivity index (χ1n) is 7.35. The van der Waals surface area contributed by atoms with Gasteiger partial charge >= 0.3 is 0 Å². The number of anilines is 1. The third-order valence-corrected chi connectivity index (χ3v) is 4.61. The smallest absolute Gasteiger partial charge is 0.152 e. The molecule has 0 radical (unpaired) electrons. The predicted octanol–water partition coefficient (Wildman–Crippen LogP) is 1.98. The van der Waals surface area contributed by atoms with E-state index in [2.05, 4.69) is 27.2 Å². The summed E-state index contributed by atoms with van der Waals surface area (Å²) in [6.07, 6.45) is 2.67. The minimum atomic E-state index is 0.350. The van der Waals surface area contributed by atoms with Crippen LogP contribution >= 0.6 is 11.3 Å². The SMILES string of the molecule is CCN(Cc1nc(NN)c2ccsc2n1)CC1CCCO1. The maximum Gasteiger partial charge on any atom is 0.152 e. The van der Waals surface area contributed by atoms with Gasteiger partial charge in [-0.2, -0.15) is 0 Å². The Kier molecular flexibility index (Phi) is 4.64. The number of ether oxygens (including phenoxy) is 1. The molecule has 7 heteroatoms. The van der Waals surface area contributed by atoms with Gasteiger partial charge in [-0.3, -0.25) is 4.90 Å². The normalized spacial score (nSPS) is 18.7. The molecule has 1 fully saturated rings. The Hall–Kier alpha value is -1.28. The summed E-state index contributed by atoms with van der Waals surface area (Å²) in [4.78, 5) is 12.5. The van der Waals surface area contributed by atoms with Gasteiger partial charge < -0.3 is 10.2 Å². The van der Waals surface area contributed by atoms with Crippen LogP contribution in [0.2, 0.25) is 0 Å². The average Bonchev–Trinajstić information content (AvgIpc) is 3.16. The molecule has 0 saturated carbocycles. The first kappa shape index (κ1) is 14.6. The van der Waals surface area contributed by atoms with E-state index < -0.39 is 0 Å². The van der Waals surface area contributed by atoms with Crippen molar-refractivity contribution in [1.82, 2.24) is 14.9 Å². The molecular weight excluding hydrogens is 286 g/mol. The number of nitrogens with zero attached hydrogens (tertiary/aromatic N) is 3. The molecule has 0 amide bonds. The number of hydrogen-bond donors (Lipinski definition) is 2. The maximum atomic E-state index is 5.71. The summed E-state index contributed by atoms with van der Waals surface area (Å²) in [5.41, 5.74) is 2.67. The molecule has 2 aromatic heterocycles. The standard InChI is InChI=1S/C14H21N5OS/c1-2-19(8-10-4-3-6-20-10)9-12-16-13(18-15)11-5-7-21-14(11)17-12/h5,7,10H,2-4,6,8-9,15H2,1H3,(H,16,17,18). The second-order valence-electron chi connectivity index (χ2n) is 5.23. The molecule has 3 N–H and O–H groups in total. The Bertz CT molecular complexity index is 596. The highest BCUT2D eigenvalue weighted by molar-refractivity contribution is 7.16. The number of nitrogens with one attached hydrogen (secondary N) is 1. The van der Waals surface area contributed by atoms with E-state index in [0.29, 0.717) is 11.9 Å². The van der Waals surface area contributed by atoms with Gasteiger partial charge in [-0.15, -0.1) is 11.3 Å². The summed E-state index contributed by atoms with van der Waals surface area (Å²) < 4.78 is 5.71. The van der Waals surface area contributed by atoms with Crippen molar-refractivity contribution in [3.63, 3.8) is 0 Å². The molecule has 114 valence electrons. The monoisotopic (exact) mass is 307 g/mol. The number of hydrazine groups is 1. The van der Waals surface area contributed by atoms with Gasteiger partial charge in [0.2, 0.25) is 0 Å². The van der Waals surface area contributed by atoms with E-state index in [-0.39, 0.29) is 0 Å². The average molecular weight is 307 g/mol. The quantitative estimate of drug-likeness (QED) is 0.628. The topological polar surface area (TPSA) is 76.3 Å². The van der Waals surface area contributed by atoms with Crippen LogP contribution in [-0.4, -0.2) is 40.7 Å². The third-order valence-electron chi connectivity index (χ3n) is 3.81. The van der Waals surface area contributed by atoms with Crippen LogP contribution in [0, 0.1) is 0 Å². The number of rotatable bonds is 6. The lowest BCUT2D eigenvalue weighted by Gasteiger charge is -2.23. The van der Waals surface area contributed by atoms with Crippen molar-refractivity contribution in [2.75, 3.05) is 25.1 Å². The molecule has 0 bridgehead atoms. The number of thiophene rings is 1. The molecule has 6 nitrogen and oxygen atoms in total. The summed E-state index contributed by atoms with van der Waals surface area (Å²) in [6.45, 7) is 5.66. The highest BCUT2D eigenvalue weighted by Crippen LogP contribution is 2.25. The van der Waals surface area contributed by atoms with Gasteiger partial charge in [0.05, 0.1) is 18.0 Å². The van der Waals surface area contributed by atoms with Gasteiger partial charge in [-0.1, -0.05) is 6.92 Å². The van der Waals surface area contributed by atoms with Crippen LogP contribution in [0.15, 0.2) is 11.4 Å². The molecule has 1 unspecified atom stereocenters. The first-order valence-corrected chi connectivity index (χ1v) is 8.22. The molecule has 1 aliphatic heterocycles. The summed E-state index contributed by atoms with van der Waals surface area (Å²) in [5, 5.41) is 2.99. The largest absolute Gasteiger partial charge is 0.377 e. The second kappa shape index (κ2) is 6.65. The van der Waals surface area contributed by atoms with Crippen molar-refractivity contribution in [3.05, 3.63) is 17.3 Å². The Morgan fingerprint density at radius 1 is 1.52 bits per heavy atom. The van der Waals surface area contributed by atoms with E-state index >= 15 is 0 Å². The van der Waals surface area contributed by atoms with E-state index in [4.69, 9.17) is 10.6 Å². The van der Waals surface area contributed by atoms with E-state index in [1.165, 1.54) is 6.42 Å². The van der Waals surface area contributed by atoms with Crippen LogP contribution in [0.3, 0.4) is 0 Å². The lowest BCUT2D eigenvalue weighted by atomic mass is 10.2. The molecule has 1 saturated heterocycles. The number of hydrogen-bond acceptors (Lipinski definition) is 7. The van der Waals surface area contributed by atoms with Crippen LogP contribution in [0.5, 0.6) is 0 Å². The molecule has 1 aliphatic rings. The number of aromatic nitrogens is 2. The van der Waals surface area contributed by atoms with Crippen LogP contribution in [0.4, 0.5) is 5.82 Å². The molecule has 2 aromatic rings. The van der Waals surface area contributed by atoms with Gasteiger partial charge in [0.1, 0.15) is 10.7 Å². The van der Waals surface area contributed by atoms with Crippen molar-refractivity contribution in [1.29, 1.82) is 0 Å². The van der Waals surface area contributed by atoms with Crippen LogP contribution < -0.4 is 11.3 Å². The van der Waals surface area contributed by atoms with Gasteiger partial charge in [0.25, 0.3) is 0 Å². The molecule has 1 atom stereocenters. The highest BCUT2D eigenvalue weighted by atomic mass is 32.1. The van der Waals surface area contributed by atoms with Crippen molar-refractivity contribution in [2.45, 2.75) is 32.4 Å². The van der Waals surface area contributed by atoms with E-state index in [9.17, 15) is 0 Å². The molecule has 3 heterocycles.